The van der Waals surface area contributed by atoms with Crippen LogP contribution in [0.25, 0.3) is 0 Å². The summed E-state index contributed by atoms with van der Waals surface area (Å²) >= 11 is 0. The van der Waals surface area contributed by atoms with Crippen molar-refractivity contribution in [3.05, 3.63) is 65.7 Å². The van der Waals surface area contributed by atoms with Gasteiger partial charge < -0.3 is 14.0 Å². The summed E-state index contributed by atoms with van der Waals surface area (Å²) in [6.45, 7) is 7.31. The number of carbonyl (C=O) groups is 1. The average molecular weight is 525 g/mol. The number of rotatable bonds is 20. The van der Waals surface area contributed by atoms with Gasteiger partial charge >= 0.3 is 5.97 Å². The zero-order valence-electron chi connectivity index (χ0n) is 24.9. The third kappa shape index (κ3) is 12.5. The topological polar surface area (TPSA) is 35.5 Å². The Morgan fingerprint density at radius 3 is 1.92 bits per heavy atom. The minimum absolute atomic E-state index is 0.157. The van der Waals surface area contributed by atoms with Gasteiger partial charge in [0.25, 0.3) is 0 Å². The number of nitrogens with zero attached hydrogens (tertiary/aromatic N) is 1. The van der Waals surface area contributed by atoms with Crippen LogP contribution in [0.15, 0.2) is 54.6 Å². The zero-order chi connectivity index (χ0) is 27.6. The number of carbonyl (C=O) groups excluding carboxylic acids is 1. The van der Waals surface area contributed by atoms with Crippen LogP contribution in [0.1, 0.15) is 103 Å². The predicted octanol–water partition coefficient (Wildman–Crippen LogP) is 8.52. The molecule has 0 saturated carbocycles. The summed E-state index contributed by atoms with van der Waals surface area (Å²) in [6.07, 6.45) is 15.3. The Morgan fingerprint density at radius 1 is 0.763 bits per heavy atom. The molecule has 0 radical (unpaired) electrons. The fraction of sp³-hybridized carbons (Fsp3) is 0.618. The number of unbranched alkanes of at least 4 members (excludes halogenated alkanes) is 9. The van der Waals surface area contributed by atoms with Gasteiger partial charge in [-0.2, -0.15) is 0 Å². The lowest BCUT2D eigenvalue weighted by Gasteiger charge is -2.36. The summed E-state index contributed by atoms with van der Waals surface area (Å²) in [4.78, 5) is 13.0. The lowest BCUT2D eigenvalue weighted by atomic mass is 10.0. The molecule has 0 aliphatic heterocycles. The first-order chi connectivity index (χ1) is 18.4. The molecule has 4 nitrogen and oxygen atoms in total. The van der Waals surface area contributed by atoms with Crippen LogP contribution in [-0.2, 0) is 22.5 Å². The smallest absolute Gasteiger partial charge is 0.365 e. The molecule has 4 heteroatoms. The van der Waals surface area contributed by atoms with Crippen LogP contribution in [0, 0.1) is 0 Å². The Morgan fingerprint density at radius 2 is 1.34 bits per heavy atom. The highest BCUT2D eigenvalue weighted by molar-refractivity contribution is 5.74. The van der Waals surface area contributed by atoms with E-state index in [1.807, 2.05) is 44.2 Å². The van der Waals surface area contributed by atoms with Crippen molar-refractivity contribution in [1.29, 1.82) is 0 Å². The summed E-state index contributed by atoms with van der Waals surface area (Å²) in [6, 6.07) is 18.5. The van der Waals surface area contributed by atoms with E-state index in [1.54, 1.807) is 0 Å². The molecule has 2 rings (SSSR count). The maximum atomic E-state index is 13.0. The van der Waals surface area contributed by atoms with Gasteiger partial charge in [-0.1, -0.05) is 114 Å². The quantitative estimate of drug-likeness (QED) is 0.0989. The Balaban J connectivity index is 1.66. The van der Waals surface area contributed by atoms with Crippen molar-refractivity contribution < 1.29 is 18.8 Å². The third-order valence-electron chi connectivity index (χ3n) is 7.48. The molecule has 38 heavy (non-hydrogen) atoms. The van der Waals surface area contributed by atoms with Gasteiger partial charge in [0, 0.05) is 12.0 Å². The molecule has 0 amide bonds. The van der Waals surface area contributed by atoms with E-state index < -0.39 is 0 Å². The molecular weight excluding hydrogens is 470 g/mol. The van der Waals surface area contributed by atoms with Gasteiger partial charge in [0.2, 0.25) is 0 Å². The molecule has 2 unspecified atom stereocenters. The SMILES string of the molecule is CCCCCCCCCCCCc1ccc(OC(C)COC(=O)C(CC)[N+](C)(C)Cc2ccccc2)cc1. The summed E-state index contributed by atoms with van der Waals surface area (Å²) in [7, 11) is 4.19. The van der Waals surface area contributed by atoms with Crippen molar-refractivity contribution in [2.75, 3.05) is 20.7 Å². The van der Waals surface area contributed by atoms with Crippen LogP contribution in [0.5, 0.6) is 5.75 Å². The van der Waals surface area contributed by atoms with Gasteiger partial charge in [0.15, 0.2) is 6.04 Å². The minimum Gasteiger partial charge on any atom is -0.487 e. The number of benzene rings is 2. The van der Waals surface area contributed by atoms with Crippen molar-refractivity contribution in [2.24, 2.45) is 0 Å². The third-order valence-corrected chi connectivity index (χ3v) is 7.48. The monoisotopic (exact) mass is 524 g/mol. The van der Waals surface area contributed by atoms with E-state index in [-0.39, 0.29) is 24.7 Å². The number of ether oxygens (including phenoxy) is 2. The molecule has 212 valence electrons. The number of hydrogen-bond donors (Lipinski definition) is 0. The van der Waals surface area contributed by atoms with Gasteiger partial charge in [-0.3, -0.25) is 0 Å². The number of quaternary nitrogens is 1. The Kier molecular flexibility index (Phi) is 15.1. The molecule has 0 aliphatic rings. The molecule has 2 aromatic carbocycles. The molecule has 0 N–H and O–H groups in total. The van der Waals surface area contributed by atoms with E-state index in [9.17, 15) is 4.79 Å². The molecule has 0 aliphatic carbocycles. The van der Waals surface area contributed by atoms with Crippen molar-refractivity contribution in [1.82, 2.24) is 0 Å². The maximum absolute atomic E-state index is 13.0. The minimum atomic E-state index is -0.215. The van der Waals surface area contributed by atoms with Gasteiger partial charge in [0.05, 0.1) is 14.1 Å². The molecule has 0 spiro atoms. The molecular formula is C34H54NO3+. The number of hydrogen-bond acceptors (Lipinski definition) is 3. The van der Waals surface area contributed by atoms with Crippen molar-refractivity contribution in [3.63, 3.8) is 0 Å². The van der Waals surface area contributed by atoms with Gasteiger partial charge in [-0.25, -0.2) is 4.79 Å². The zero-order valence-corrected chi connectivity index (χ0v) is 24.9. The summed E-state index contributed by atoms with van der Waals surface area (Å²) in [5, 5.41) is 0. The van der Waals surface area contributed by atoms with Crippen LogP contribution in [0.3, 0.4) is 0 Å². The van der Waals surface area contributed by atoms with Crippen LogP contribution in [-0.4, -0.2) is 43.3 Å². The second-order valence-corrected chi connectivity index (χ2v) is 11.5. The molecule has 0 saturated heterocycles. The van der Waals surface area contributed by atoms with Crippen LogP contribution in [0.4, 0.5) is 0 Å². The van der Waals surface area contributed by atoms with Crippen molar-refractivity contribution in [2.45, 2.75) is 117 Å². The highest BCUT2D eigenvalue weighted by Crippen LogP contribution is 2.20. The largest absolute Gasteiger partial charge is 0.487 e. The van der Waals surface area contributed by atoms with Gasteiger partial charge in [-0.05, 0) is 37.5 Å². The molecule has 0 heterocycles. The maximum Gasteiger partial charge on any atom is 0.365 e. The van der Waals surface area contributed by atoms with E-state index in [4.69, 9.17) is 9.47 Å². The van der Waals surface area contributed by atoms with Crippen LogP contribution in [0.2, 0.25) is 0 Å². The first-order valence-corrected chi connectivity index (χ1v) is 15.1. The normalized spacial score (nSPS) is 13.2. The fourth-order valence-corrected chi connectivity index (χ4v) is 5.22. The Bertz CT molecular complexity index is 878. The summed E-state index contributed by atoms with van der Waals surface area (Å²) in [5.74, 6) is 0.670. The molecule has 2 aromatic rings. The summed E-state index contributed by atoms with van der Waals surface area (Å²) < 4.78 is 12.3. The second-order valence-electron chi connectivity index (χ2n) is 11.5. The van der Waals surface area contributed by atoms with E-state index >= 15 is 0 Å². The predicted molar refractivity (Wildman–Crippen MR) is 159 cm³/mol. The average Bonchev–Trinajstić information content (AvgIpc) is 2.90. The van der Waals surface area contributed by atoms with Gasteiger partial charge in [0.1, 0.15) is 25.0 Å². The van der Waals surface area contributed by atoms with E-state index in [1.165, 1.54) is 75.3 Å². The van der Waals surface area contributed by atoms with Crippen LogP contribution >= 0.6 is 0 Å². The van der Waals surface area contributed by atoms with E-state index in [2.05, 4.69) is 45.3 Å². The number of esters is 1. The Labute approximate surface area is 233 Å². The van der Waals surface area contributed by atoms with Crippen LogP contribution < -0.4 is 4.74 Å². The highest BCUT2D eigenvalue weighted by Gasteiger charge is 2.35. The van der Waals surface area contributed by atoms with Crippen molar-refractivity contribution >= 4 is 5.97 Å². The Hall–Kier alpha value is -2.33. The molecule has 0 aromatic heterocycles. The second kappa shape index (κ2) is 18.0. The van der Waals surface area contributed by atoms with Gasteiger partial charge in [-0.15, -0.1) is 0 Å². The van der Waals surface area contributed by atoms with E-state index in [0.717, 1.165) is 25.1 Å². The lowest BCUT2D eigenvalue weighted by Crippen LogP contribution is -2.52. The van der Waals surface area contributed by atoms with E-state index in [0.29, 0.717) is 4.48 Å². The highest BCUT2D eigenvalue weighted by atomic mass is 16.6. The fourth-order valence-electron chi connectivity index (χ4n) is 5.22. The number of likely N-dealkylation sites (N-methyl/N-ethyl adjacent to an activating group) is 1. The lowest BCUT2D eigenvalue weighted by molar-refractivity contribution is -0.919. The van der Waals surface area contributed by atoms with Crippen molar-refractivity contribution in [3.8, 4) is 5.75 Å². The standard InChI is InChI=1S/C34H54NO3/c1-6-8-9-10-11-12-13-14-15-17-20-30-23-25-32(26-24-30)38-29(3)28-37-34(36)33(7-2)35(4,5)27-31-21-18-16-19-22-31/h16,18-19,21-26,29,33H,6-15,17,20,27-28H2,1-5H3/q+1. The molecule has 2 atom stereocenters. The molecule has 0 bridgehead atoms. The summed E-state index contributed by atoms with van der Waals surface area (Å²) in [5.41, 5.74) is 2.58. The first-order valence-electron chi connectivity index (χ1n) is 15.1. The number of aryl methyl sites for hydroxylation is 1. The first kappa shape index (κ1) is 31.9. The molecule has 0 fully saturated rings.